The molecule has 1 atom stereocenters. The van der Waals surface area contributed by atoms with Crippen molar-refractivity contribution in [1.29, 1.82) is 0 Å². The third-order valence-electron chi connectivity index (χ3n) is 3.59. The van der Waals surface area contributed by atoms with Crippen LogP contribution in [0.2, 0.25) is 0 Å². The molecule has 2 rings (SSSR count). The van der Waals surface area contributed by atoms with Gasteiger partial charge in [0.1, 0.15) is 18.0 Å². The molecule has 0 amide bonds. The molecule has 0 spiro atoms. The standard InChI is InChI=1S/C14H24N4O/c1-2-7-15-13-10-14(17-11-16-13)18-8-4-3-5-12(18)6-9-19/h10-12,19H,2-9H2,1H3,(H,15,16,17). The van der Waals surface area contributed by atoms with E-state index >= 15 is 0 Å². The van der Waals surface area contributed by atoms with Crippen LogP contribution in [0, 0.1) is 0 Å². The highest BCUT2D eigenvalue weighted by Gasteiger charge is 2.23. The van der Waals surface area contributed by atoms with Crippen LogP contribution in [-0.2, 0) is 0 Å². The monoisotopic (exact) mass is 264 g/mol. The maximum Gasteiger partial charge on any atom is 0.134 e. The minimum atomic E-state index is 0.243. The lowest BCUT2D eigenvalue weighted by Gasteiger charge is -2.36. The van der Waals surface area contributed by atoms with Gasteiger partial charge in [0, 0.05) is 31.8 Å². The zero-order valence-corrected chi connectivity index (χ0v) is 11.7. The minimum Gasteiger partial charge on any atom is -0.396 e. The second kappa shape index (κ2) is 7.28. The van der Waals surface area contributed by atoms with Crippen LogP contribution < -0.4 is 10.2 Å². The van der Waals surface area contributed by atoms with Crippen LogP contribution in [-0.4, -0.2) is 40.8 Å². The zero-order valence-electron chi connectivity index (χ0n) is 11.7. The Balaban J connectivity index is 2.09. The lowest BCUT2D eigenvalue weighted by atomic mass is 10.00. The van der Waals surface area contributed by atoms with Gasteiger partial charge in [0.25, 0.3) is 0 Å². The molecule has 0 aliphatic carbocycles. The quantitative estimate of drug-likeness (QED) is 0.823. The molecule has 1 saturated heterocycles. The number of nitrogens with zero attached hydrogens (tertiary/aromatic N) is 3. The van der Waals surface area contributed by atoms with Crippen LogP contribution in [0.15, 0.2) is 12.4 Å². The van der Waals surface area contributed by atoms with Crippen molar-refractivity contribution in [1.82, 2.24) is 9.97 Å². The van der Waals surface area contributed by atoms with Crippen LogP contribution in [0.1, 0.15) is 39.0 Å². The molecule has 2 N–H and O–H groups in total. The molecule has 19 heavy (non-hydrogen) atoms. The molecule has 1 aromatic rings. The maximum atomic E-state index is 9.18. The number of hydrogen-bond acceptors (Lipinski definition) is 5. The first-order valence-corrected chi connectivity index (χ1v) is 7.28. The number of aliphatic hydroxyl groups is 1. The summed E-state index contributed by atoms with van der Waals surface area (Å²) < 4.78 is 0. The second-order valence-electron chi connectivity index (χ2n) is 5.04. The highest BCUT2D eigenvalue weighted by atomic mass is 16.3. The predicted octanol–water partition coefficient (Wildman–Crippen LogP) is 2.04. The summed E-state index contributed by atoms with van der Waals surface area (Å²) in [6.45, 7) is 4.33. The van der Waals surface area contributed by atoms with Crippen LogP contribution in [0.5, 0.6) is 0 Å². The van der Waals surface area contributed by atoms with Crippen molar-refractivity contribution < 1.29 is 5.11 Å². The number of aliphatic hydroxyl groups excluding tert-OH is 1. The van der Waals surface area contributed by atoms with Gasteiger partial charge in [0.15, 0.2) is 0 Å². The molecule has 1 aromatic heterocycles. The smallest absolute Gasteiger partial charge is 0.134 e. The fourth-order valence-corrected chi connectivity index (χ4v) is 2.61. The Bertz CT molecular complexity index is 383. The van der Waals surface area contributed by atoms with E-state index in [1.807, 2.05) is 6.07 Å². The van der Waals surface area contributed by atoms with E-state index in [0.29, 0.717) is 6.04 Å². The van der Waals surface area contributed by atoms with Crippen molar-refractivity contribution in [2.75, 3.05) is 29.9 Å². The number of anilines is 2. The summed E-state index contributed by atoms with van der Waals surface area (Å²) in [5, 5.41) is 12.5. The minimum absolute atomic E-state index is 0.243. The van der Waals surface area contributed by atoms with Gasteiger partial charge in [-0.1, -0.05) is 6.92 Å². The van der Waals surface area contributed by atoms with E-state index in [9.17, 15) is 5.11 Å². The van der Waals surface area contributed by atoms with Gasteiger partial charge in [0.2, 0.25) is 0 Å². The first-order chi connectivity index (χ1) is 9.35. The van der Waals surface area contributed by atoms with E-state index in [4.69, 9.17) is 0 Å². The summed E-state index contributed by atoms with van der Waals surface area (Å²) in [5.41, 5.74) is 0. The summed E-state index contributed by atoms with van der Waals surface area (Å²) in [5.74, 6) is 1.87. The summed E-state index contributed by atoms with van der Waals surface area (Å²) >= 11 is 0. The van der Waals surface area contributed by atoms with E-state index in [1.54, 1.807) is 6.33 Å². The lowest BCUT2D eigenvalue weighted by molar-refractivity contribution is 0.262. The zero-order chi connectivity index (χ0) is 13.5. The Labute approximate surface area is 115 Å². The van der Waals surface area contributed by atoms with Crippen molar-refractivity contribution in [3.05, 3.63) is 12.4 Å². The van der Waals surface area contributed by atoms with Gasteiger partial charge in [0.05, 0.1) is 0 Å². The largest absolute Gasteiger partial charge is 0.396 e. The Morgan fingerprint density at radius 2 is 2.32 bits per heavy atom. The SMILES string of the molecule is CCCNc1cc(N2CCCCC2CCO)ncn1. The van der Waals surface area contributed by atoms with Crippen molar-refractivity contribution in [3.8, 4) is 0 Å². The number of hydrogen-bond donors (Lipinski definition) is 2. The highest BCUT2D eigenvalue weighted by Crippen LogP contribution is 2.25. The van der Waals surface area contributed by atoms with E-state index < -0.39 is 0 Å². The predicted molar refractivity (Wildman–Crippen MR) is 77.5 cm³/mol. The van der Waals surface area contributed by atoms with Gasteiger partial charge in [-0.25, -0.2) is 9.97 Å². The summed E-state index contributed by atoms with van der Waals surface area (Å²) in [4.78, 5) is 11.0. The molecule has 0 aromatic carbocycles. The Morgan fingerprint density at radius 3 is 3.11 bits per heavy atom. The van der Waals surface area contributed by atoms with E-state index in [0.717, 1.165) is 44.0 Å². The van der Waals surface area contributed by atoms with Gasteiger partial charge < -0.3 is 15.3 Å². The van der Waals surface area contributed by atoms with E-state index in [2.05, 4.69) is 27.1 Å². The average molecular weight is 264 g/mol. The van der Waals surface area contributed by atoms with Crippen molar-refractivity contribution in [2.24, 2.45) is 0 Å². The van der Waals surface area contributed by atoms with Crippen LogP contribution in [0.4, 0.5) is 11.6 Å². The molecular formula is C14H24N4O. The molecule has 106 valence electrons. The van der Waals surface area contributed by atoms with Crippen molar-refractivity contribution in [2.45, 2.75) is 45.1 Å². The topological polar surface area (TPSA) is 61.3 Å². The Hall–Kier alpha value is -1.36. The normalized spacial score (nSPS) is 19.5. The number of piperidine rings is 1. The van der Waals surface area contributed by atoms with Crippen LogP contribution in [0.25, 0.3) is 0 Å². The van der Waals surface area contributed by atoms with Crippen LogP contribution >= 0.6 is 0 Å². The van der Waals surface area contributed by atoms with E-state index in [-0.39, 0.29) is 6.61 Å². The maximum absolute atomic E-state index is 9.18. The summed E-state index contributed by atoms with van der Waals surface area (Å²) in [6.07, 6.45) is 7.11. The van der Waals surface area contributed by atoms with E-state index in [1.165, 1.54) is 12.8 Å². The average Bonchev–Trinajstić information content (AvgIpc) is 2.46. The molecule has 0 bridgehead atoms. The lowest BCUT2D eigenvalue weighted by Crippen LogP contribution is -2.40. The fraction of sp³-hybridized carbons (Fsp3) is 0.714. The van der Waals surface area contributed by atoms with Gasteiger partial charge in [-0.05, 0) is 32.1 Å². The number of nitrogens with one attached hydrogen (secondary N) is 1. The van der Waals surface area contributed by atoms with Gasteiger partial charge in [-0.2, -0.15) is 0 Å². The molecule has 0 saturated carbocycles. The highest BCUT2D eigenvalue weighted by molar-refractivity contribution is 5.49. The third kappa shape index (κ3) is 3.80. The van der Waals surface area contributed by atoms with Crippen LogP contribution in [0.3, 0.4) is 0 Å². The number of aromatic nitrogens is 2. The summed E-state index contributed by atoms with van der Waals surface area (Å²) in [7, 11) is 0. The molecule has 1 unspecified atom stereocenters. The Kier molecular flexibility index (Phi) is 5.39. The molecule has 0 radical (unpaired) electrons. The first kappa shape index (κ1) is 14.1. The Morgan fingerprint density at radius 1 is 1.42 bits per heavy atom. The van der Waals surface area contributed by atoms with Gasteiger partial charge in [-0.3, -0.25) is 0 Å². The molecule has 5 heteroatoms. The second-order valence-corrected chi connectivity index (χ2v) is 5.04. The molecule has 1 aliphatic heterocycles. The molecule has 2 heterocycles. The third-order valence-corrected chi connectivity index (χ3v) is 3.59. The van der Waals surface area contributed by atoms with Crippen molar-refractivity contribution >= 4 is 11.6 Å². The van der Waals surface area contributed by atoms with Gasteiger partial charge in [-0.15, -0.1) is 0 Å². The molecule has 5 nitrogen and oxygen atoms in total. The molecular weight excluding hydrogens is 240 g/mol. The first-order valence-electron chi connectivity index (χ1n) is 7.28. The summed E-state index contributed by atoms with van der Waals surface area (Å²) in [6, 6.07) is 2.43. The number of rotatable bonds is 6. The fourth-order valence-electron chi connectivity index (χ4n) is 2.61. The van der Waals surface area contributed by atoms with Crippen molar-refractivity contribution in [3.63, 3.8) is 0 Å². The van der Waals surface area contributed by atoms with Gasteiger partial charge >= 0.3 is 0 Å². The molecule has 1 fully saturated rings. The molecule has 1 aliphatic rings.